The maximum atomic E-state index is 6.30. The van der Waals surface area contributed by atoms with Gasteiger partial charge in [-0.3, -0.25) is 0 Å². The minimum atomic E-state index is -0.405. The molecule has 1 heterocycles. The van der Waals surface area contributed by atoms with Gasteiger partial charge in [0, 0.05) is 11.7 Å². The molecular weight excluding hydrogens is 252 g/mol. The Bertz CT molecular complexity index is 579. The van der Waals surface area contributed by atoms with E-state index in [1.165, 1.54) is 6.33 Å². The fourth-order valence-electron chi connectivity index (χ4n) is 1.97. The van der Waals surface area contributed by atoms with Crippen molar-refractivity contribution in [2.45, 2.75) is 25.9 Å². The smallest absolute Gasteiger partial charge is 0.136 e. The second-order valence-electron chi connectivity index (χ2n) is 4.96. The van der Waals surface area contributed by atoms with Gasteiger partial charge < -0.3 is 22.5 Å². The number of nitrogens with one attached hydrogen (secondary N) is 1. The Morgan fingerprint density at radius 2 is 1.70 bits per heavy atom. The number of nitrogens with zero attached hydrogens (tertiary/aromatic N) is 2. The standard InChI is InChI=1S/C14H20N6/c1-8(2)20-14-11(13(17)18-7-19-14)12(16)9-3-5-10(15)6-4-9/h3-8,12H,15-16H2,1-2H3,(H3,17,18,19,20). The average Bonchev–Trinajstić information content (AvgIpc) is 2.38. The van der Waals surface area contributed by atoms with Gasteiger partial charge in [0.05, 0.1) is 11.6 Å². The Hall–Kier alpha value is -2.34. The first kappa shape index (κ1) is 14.1. The van der Waals surface area contributed by atoms with Gasteiger partial charge in [-0.15, -0.1) is 0 Å². The quantitative estimate of drug-likeness (QED) is 0.627. The Morgan fingerprint density at radius 1 is 1.05 bits per heavy atom. The lowest BCUT2D eigenvalue weighted by Crippen LogP contribution is -2.21. The SMILES string of the molecule is CC(C)Nc1ncnc(N)c1C(N)c1ccc(N)cc1. The van der Waals surface area contributed by atoms with Crippen LogP contribution in [0.3, 0.4) is 0 Å². The van der Waals surface area contributed by atoms with Crippen molar-refractivity contribution in [2.75, 3.05) is 16.8 Å². The molecule has 106 valence electrons. The fourth-order valence-corrected chi connectivity index (χ4v) is 1.97. The van der Waals surface area contributed by atoms with Crippen LogP contribution in [-0.4, -0.2) is 16.0 Å². The van der Waals surface area contributed by atoms with E-state index in [9.17, 15) is 0 Å². The van der Waals surface area contributed by atoms with E-state index in [1.807, 2.05) is 38.1 Å². The first-order valence-electron chi connectivity index (χ1n) is 6.47. The summed E-state index contributed by atoms with van der Waals surface area (Å²) in [4.78, 5) is 8.27. The van der Waals surface area contributed by atoms with Gasteiger partial charge in [-0.25, -0.2) is 9.97 Å². The number of nitrogen functional groups attached to an aromatic ring is 2. The van der Waals surface area contributed by atoms with E-state index in [1.54, 1.807) is 0 Å². The van der Waals surface area contributed by atoms with Crippen molar-refractivity contribution in [3.05, 3.63) is 41.7 Å². The van der Waals surface area contributed by atoms with Gasteiger partial charge in [-0.05, 0) is 31.5 Å². The topological polar surface area (TPSA) is 116 Å². The lowest BCUT2D eigenvalue weighted by molar-refractivity contribution is 0.831. The van der Waals surface area contributed by atoms with Crippen LogP contribution >= 0.6 is 0 Å². The van der Waals surface area contributed by atoms with E-state index in [2.05, 4.69) is 15.3 Å². The Morgan fingerprint density at radius 3 is 2.30 bits per heavy atom. The zero-order valence-electron chi connectivity index (χ0n) is 11.7. The summed E-state index contributed by atoms with van der Waals surface area (Å²) < 4.78 is 0. The van der Waals surface area contributed by atoms with Crippen LogP contribution in [0.5, 0.6) is 0 Å². The van der Waals surface area contributed by atoms with Crippen LogP contribution in [0, 0.1) is 0 Å². The molecule has 0 fully saturated rings. The molecule has 1 atom stereocenters. The molecule has 0 spiro atoms. The molecule has 0 bridgehead atoms. The molecule has 1 aromatic heterocycles. The van der Waals surface area contributed by atoms with Crippen LogP contribution < -0.4 is 22.5 Å². The van der Waals surface area contributed by atoms with Crippen LogP contribution in [0.2, 0.25) is 0 Å². The van der Waals surface area contributed by atoms with Gasteiger partial charge in [-0.2, -0.15) is 0 Å². The van der Waals surface area contributed by atoms with Crippen LogP contribution in [0.4, 0.5) is 17.3 Å². The zero-order chi connectivity index (χ0) is 14.7. The van der Waals surface area contributed by atoms with Crippen molar-refractivity contribution in [3.8, 4) is 0 Å². The van der Waals surface area contributed by atoms with E-state index in [4.69, 9.17) is 17.2 Å². The normalized spacial score (nSPS) is 12.4. The highest BCUT2D eigenvalue weighted by atomic mass is 15.1. The minimum Gasteiger partial charge on any atom is -0.399 e. The lowest BCUT2D eigenvalue weighted by Gasteiger charge is -2.19. The zero-order valence-corrected chi connectivity index (χ0v) is 11.7. The summed E-state index contributed by atoms with van der Waals surface area (Å²) in [5.74, 6) is 1.05. The average molecular weight is 272 g/mol. The van der Waals surface area contributed by atoms with Crippen LogP contribution in [0.1, 0.15) is 31.0 Å². The van der Waals surface area contributed by atoms with Gasteiger partial charge in [0.15, 0.2) is 0 Å². The summed E-state index contributed by atoms with van der Waals surface area (Å²) in [6, 6.07) is 7.20. The second kappa shape index (κ2) is 5.75. The van der Waals surface area contributed by atoms with Crippen molar-refractivity contribution in [1.29, 1.82) is 0 Å². The van der Waals surface area contributed by atoms with Crippen molar-refractivity contribution >= 4 is 17.3 Å². The summed E-state index contributed by atoms with van der Waals surface area (Å²) in [5, 5.41) is 3.24. The van der Waals surface area contributed by atoms with E-state index in [-0.39, 0.29) is 6.04 Å². The predicted octanol–water partition coefficient (Wildman–Crippen LogP) is 1.51. The third kappa shape index (κ3) is 2.97. The Kier molecular flexibility index (Phi) is 4.05. The monoisotopic (exact) mass is 272 g/mol. The molecule has 0 saturated heterocycles. The van der Waals surface area contributed by atoms with Gasteiger partial charge in [-0.1, -0.05) is 12.1 Å². The van der Waals surface area contributed by atoms with E-state index in [0.29, 0.717) is 22.9 Å². The first-order chi connectivity index (χ1) is 9.49. The number of hydrogen-bond donors (Lipinski definition) is 4. The molecule has 6 heteroatoms. The number of nitrogens with two attached hydrogens (primary N) is 3. The summed E-state index contributed by atoms with van der Waals surface area (Å²) in [5.41, 5.74) is 20.3. The highest BCUT2D eigenvalue weighted by molar-refractivity contribution is 5.59. The summed E-state index contributed by atoms with van der Waals surface area (Å²) >= 11 is 0. The lowest BCUT2D eigenvalue weighted by atomic mass is 10.00. The molecule has 0 amide bonds. The molecule has 7 N–H and O–H groups in total. The number of anilines is 3. The van der Waals surface area contributed by atoms with E-state index < -0.39 is 6.04 Å². The van der Waals surface area contributed by atoms with Gasteiger partial charge in [0.2, 0.25) is 0 Å². The molecule has 2 rings (SSSR count). The highest BCUT2D eigenvalue weighted by Gasteiger charge is 2.19. The Labute approximate surface area is 118 Å². The van der Waals surface area contributed by atoms with Crippen LogP contribution in [0.25, 0.3) is 0 Å². The molecule has 0 radical (unpaired) electrons. The number of benzene rings is 1. The Balaban J connectivity index is 2.42. The first-order valence-corrected chi connectivity index (χ1v) is 6.47. The molecule has 0 aliphatic heterocycles. The van der Waals surface area contributed by atoms with Crippen molar-refractivity contribution in [2.24, 2.45) is 5.73 Å². The van der Waals surface area contributed by atoms with E-state index >= 15 is 0 Å². The minimum absolute atomic E-state index is 0.224. The summed E-state index contributed by atoms with van der Waals surface area (Å²) in [6.07, 6.45) is 1.43. The maximum Gasteiger partial charge on any atom is 0.136 e. The van der Waals surface area contributed by atoms with E-state index in [0.717, 1.165) is 5.56 Å². The highest BCUT2D eigenvalue weighted by Crippen LogP contribution is 2.29. The number of aromatic nitrogens is 2. The number of hydrogen-bond acceptors (Lipinski definition) is 6. The third-order valence-corrected chi connectivity index (χ3v) is 2.95. The van der Waals surface area contributed by atoms with Crippen molar-refractivity contribution in [3.63, 3.8) is 0 Å². The van der Waals surface area contributed by atoms with Crippen molar-refractivity contribution < 1.29 is 0 Å². The molecule has 1 aromatic carbocycles. The molecule has 20 heavy (non-hydrogen) atoms. The van der Waals surface area contributed by atoms with Gasteiger partial charge in [0.1, 0.15) is 18.0 Å². The third-order valence-electron chi connectivity index (χ3n) is 2.95. The fraction of sp³-hybridized carbons (Fsp3) is 0.286. The molecule has 1 unspecified atom stereocenters. The van der Waals surface area contributed by atoms with Crippen molar-refractivity contribution in [1.82, 2.24) is 9.97 Å². The predicted molar refractivity (Wildman–Crippen MR) is 82.1 cm³/mol. The molecule has 0 aliphatic rings. The summed E-state index contributed by atoms with van der Waals surface area (Å²) in [7, 11) is 0. The largest absolute Gasteiger partial charge is 0.399 e. The summed E-state index contributed by atoms with van der Waals surface area (Å²) in [6.45, 7) is 4.05. The number of rotatable bonds is 4. The van der Waals surface area contributed by atoms with Crippen LogP contribution in [0.15, 0.2) is 30.6 Å². The van der Waals surface area contributed by atoms with Crippen LogP contribution in [-0.2, 0) is 0 Å². The molecule has 0 aliphatic carbocycles. The maximum absolute atomic E-state index is 6.30. The second-order valence-corrected chi connectivity index (χ2v) is 4.96. The molecule has 6 nitrogen and oxygen atoms in total. The molecular formula is C14H20N6. The molecule has 2 aromatic rings. The van der Waals surface area contributed by atoms with Gasteiger partial charge >= 0.3 is 0 Å². The van der Waals surface area contributed by atoms with Gasteiger partial charge in [0.25, 0.3) is 0 Å². The molecule has 0 saturated carbocycles.